The van der Waals surface area contributed by atoms with Gasteiger partial charge >= 0.3 is 6.61 Å². The molecule has 0 saturated carbocycles. The van der Waals surface area contributed by atoms with Gasteiger partial charge in [-0.15, -0.1) is 0 Å². The van der Waals surface area contributed by atoms with Crippen LogP contribution in [-0.2, 0) is 0 Å². The van der Waals surface area contributed by atoms with Crippen molar-refractivity contribution in [3.05, 3.63) is 17.0 Å². The maximum Gasteiger partial charge on any atom is 0.388 e. The fraction of sp³-hybridized carbons (Fsp3) is 0.200. The van der Waals surface area contributed by atoms with Crippen LogP contribution in [0.25, 0.3) is 0 Å². The van der Waals surface area contributed by atoms with Crippen LogP contribution in [0.2, 0.25) is 0 Å². The first-order chi connectivity index (χ1) is 5.18. The highest BCUT2D eigenvalue weighted by atomic mass is 79.9. The summed E-state index contributed by atoms with van der Waals surface area (Å²) < 4.78 is 27.5. The molecule has 0 radical (unpaired) electrons. The fourth-order valence-electron chi connectivity index (χ4n) is 0.453. The van der Waals surface area contributed by atoms with E-state index in [9.17, 15) is 8.78 Å². The fourth-order valence-corrected chi connectivity index (χ4v) is 0.657. The minimum atomic E-state index is -2.86. The Labute approximate surface area is 69.5 Å². The van der Waals surface area contributed by atoms with Gasteiger partial charge in [-0.3, -0.25) is 0 Å². The van der Waals surface area contributed by atoms with Crippen LogP contribution in [0.4, 0.5) is 8.78 Å². The Morgan fingerprint density at radius 2 is 2.09 bits per heavy atom. The highest BCUT2D eigenvalue weighted by molar-refractivity contribution is 9.10. The molecule has 3 nitrogen and oxygen atoms in total. The van der Waals surface area contributed by atoms with Crippen LogP contribution in [0.5, 0.6) is 5.88 Å². The van der Waals surface area contributed by atoms with E-state index in [1.165, 1.54) is 6.20 Å². The zero-order valence-electron chi connectivity index (χ0n) is 5.17. The van der Waals surface area contributed by atoms with Gasteiger partial charge in [0.2, 0.25) is 5.88 Å². The second-order valence-corrected chi connectivity index (χ2v) is 2.37. The third-order valence-corrected chi connectivity index (χ3v) is 1.22. The van der Waals surface area contributed by atoms with Crippen LogP contribution < -0.4 is 4.74 Å². The SMILES string of the molecule is FC(F)Oc1cnc(Br)cn1. The number of ether oxygens (including phenoxy) is 1. The Balaban J connectivity index is 2.66. The molecular formula is C5H3BrF2N2O. The van der Waals surface area contributed by atoms with Crippen molar-refractivity contribution in [1.82, 2.24) is 9.97 Å². The smallest absolute Gasteiger partial charge is 0.388 e. The monoisotopic (exact) mass is 224 g/mol. The standard InChI is InChI=1S/C5H3BrF2N2O/c6-3-1-10-4(2-9-3)11-5(7)8/h1-2,5H. The predicted octanol–water partition coefficient (Wildman–Crippen LogP) is 1.84. The number of nitrogens with zero attached hydrogens (tertiary/aromatic N) is 2. The van der Waals surface area contributed by atoms with E-state index in [2.05, 4.69) is 30.6 Å². The van der Waals surface area contributed by atoms with Crippen molar-refractivity contribution in [3.63, 3.8) is 0 Å². The van der Waals surface area contributed by atoms with Crippen LogP contribution >= 0.6 is 15.9 Å². The molecule has 0 saturated heterocycles. The normalized spacial score (nSPS) is 10.2. The summed E-state index contributed by atoms with van der Waals surface area (Å²) in [4.78, 5) is 7.13. The summed E-state index contributed by atoms with van der Waals surface area (Å²) in [6.07, 6.45) is 2.38. The molecule has 0 atom stereocenters. The van der Waals surface area contributed by atoms with Crippen LogP contribution in [0.15, 0.2) is 17.0 Å². The van der Waals surface area contributed by atoms with E-state index >= 15 is 0 Å². The second kappa shape index (κ2) is 3.56. The molecule has 0 bridgehead atoms. The Hall–Kier alpha value is -0.780. The topological polar surface area (TPSA) is 35.0 Å². The largest absolute Gasteiger partial charge is 0.415 e. The van der Waals surface area contributed by atoms with Gasteiger partial charge < -0.3 is 4.74 Å². The lowest BCUT2D eigenvalue weighted by atomic mass is 10.7. The number of aromatic nitrogens is 2. The summed E-state index contributed by atoms with van der Waals surface area (Å²) in [5.74, 6) is -0.191. The van der Waals surface area contributed by atoms with Gasteiger partial charge in [0.25, 0.3) is 0 Å². The molecule has 0 aliphatic heterocycles. The van der Waals surface area contributed by atoms with Crippen molar-refractivity contribution >= 4 is 15.9 Å². The maximum absolute atomic E-state index is 11.5. The van der Waals surface area contributed by atoms with Gasteiger partial charge in [0, 0.05) is 0 Å². The Morgan fingerprint density at radius 3 is 2.55 bits per heavy atom. The van der Waals surface area contributed by atoms with E-state index in [1.54, 1.807) is 0 Å². The molecule has 11 heavy (non-hydrogen) atoms. The van der Waals surface area contributed by atoms with E-state index in [0.717, 1.165) is 6.20 Å². The lowest BCUT2D eigenvalue weighted by Crippen LogP contribution is -2.03. The lowest BCUT2D eigenvalue weighted by Gasteiger charge is -2.00. The summed E-state index contributed by atoms with van der Waals surface area (Å²) in [6, 6.07) is 0. The molecular weight excluding hydrogens is 222 g/mol. The van der Waals surface area contributed by atoms with Crippen LogP contribution in [-0.4, -0.2) is 16.6 Å². The van der Waals surface area contributed by atoms with Crippen molar-refractivity contribution in [2.45, 2.75) is 6.61 Å². The first kappa shape index (κ1) is 8.32. The maximum atomic E-state index is 11.5. The minimum Gasteiger partial charge on any atom is -0.415 e. The van der Waals surface area contributed by atoms with E-state index in [0.29, 0.717) is 4.60 Å². The molecule has 0 amide bonds. The molecule has 0 aliphatic carbocycles. The molecule has 0 spiro atoms. The van der Waals surface area contributed by atoms with Gasteiger partial charge in [-0.1, -0.05) is 0 Å². The number of hydrogen-bond acceptors (Lipinski definition) is 3. The molecule has 1 rings (SSSR count). The number of hydrogen-bond donors (Lipinski definition) is 0. The quantitative estimate of drug-likeness (QED) is 0.770. The van der Waals surface area contributed by atoms with Gasteiger partial charge in [0.15, 0.2) is 0 Å². The molecule has 0 N–H and O–H groups in total. The molecule has 1 aromatic rings. The van der Waals surface area contributed by atoms with Gasteiger partial charge in [-0.2, -0.15) is 8.78 Å². The molecule has 0 aliphatic rings. The Kier molecular flexibility index (Phi) is 2.70. The summed E-state index contributed by atoms with van der Waals surface area (Å²) in [6.45, 7) is -2.86. The van der Waals surface area contributed by atoms with Crippen molar-refractivity contribution in [2.24, 2.45) is 0 Å². The third-order valence-electron chi connectivity index (χ3n) is 0.806. The molecule has 0 unspecified atom stereocenters. The van der Waals surface area contributed by atoms with E-state index < -0.39 is 6.61 Å². The highest BCUT2D eigenvalue weighted by Crippen LogP contribution is 2.10. The Bertz CT molecular complexity index is 228. The van der Waals surface area contributed by atoms with Gasteiger partial charge in [0.1, 0.15) is 4.60 Å². The molecule has 60 valence electrons. The highest BCUT2D eigenvalue weighted by Gasteiger charge is 2.04. The number of alkyl halides is 2. The lowest BCUT2D eigenvalue weighted by molar-refractivity contribution is -0.0531. The molecule has 6 heteroatoms. The number of rotatable bonds is 2. The van der Waals surface area contributed by atoms with Crippen LogP contribution in [0.3, 0.4) is 0 Å². The predicted molar refractivity (Wildman–Crippen MR) is 36.4 cm³/mol. The molecule has 0 fully saturated rings. The van der Waals surface area contributed by atoms with Gasteiger partial charge in [-0.05, 0) is 15.9 Å². The van der Waals surface area contributed by atoms with Crippen LogP contribution in [0.1, 0.15) is 0 Å². The van der Waals surface area contributed by atoms with Crippen molar-refractivity contribution in [1.29, 1.82) is 0 Å². The molecule has 0 aromatic carbocycles. The van der Waals surface area contributed by atoms with Crippen molar-refractivity contribution in [3.8, 4) is 5.88 Å². The summed E-state index contributed by atoms with van der Waals surface area (Å²) in [5.41, 5.74) is 0. The van der Waals surface area contributed by atoms with Crippen molar-refractivity contribution < 1.29 is 13.5 Å². The van der Waals surface area contributed by atoms with E-state index in [4.69, 9.17) is 0 Å². The van der Waals surface area contributed by atoms with Gasteiger partial charge in [-0.25, -0.2) is 9.97 Å². The zero-order valence-corrected chi connectivity index (χ0v) is 6.75. The van der Waals surface area contributed by atoms with Crippen LogP contribution in [0, 0.1) is 0 Å². The number of halogens is 3. The minimum absolute atomic E-state index is 0.191. The summed E-state index contributed by atoms with van der Waals surface area (Å²) in [5, 5.41) is 0. The summed E-state index contributed by atoms with van der Waals surface area (Å²) in [7, 11) is 0. The average Bonchev–Trinajstić information content (AvgIpc) is 1.93. The van der Waals surface area contributed by atoms with Crippen molar-refractivity contribution in [2.75, 3.05) is 0 Å². The Morgan fingerprint density at radius 1 is 1.36 bits per heavy atom. The average molecular weight is 225 g/mol. The second-order valence-electron chi connectivity index (χ2n) is 1.56. The molecule has 1 heterocycles. The summed E-state index contributed by atoms with van der Waals surface area (Å²) >= 11 is 2.99. The first-order valence-corrected chi connectivity index (χ1v) is 3.40. The zero-order chi connectivity index (χ0) is 8.27. The van der Waals surface area contributed by atoms with E-state index in [-0.39, 0.29) is 5.88 Å². The van der Waals surface area contributed by atoms with Gasteiger partial charge in [0.05, 0.1) is 12.4 Å². The van der Waals surface area contributed by atoms with E-state index in [1.807, 2.05) is 0 Å². The first-order valence-electron chi connectivity index (χ1n) is 2.61. The molecule has 1 aromatic heterocycles. The third kappa shape index (κ3) is 2.75.